The number of nitrogens with zero attached hydrogens (tertiary/aromatic N) is 4. The van der Waals surface area contributed by atoms with Crippen molar-refractivity contribution in [1.82, 2.24) is 14.3 Å². The van der Waals surface area contributed by atoms with E-state index in [-0.39, 0.29) is 11.5 Å². The fourth-order valence-corrected chi connectivity index (χ4v) is 4.23. The van der Waals surface area contributed by atoms with Gasteiger partial charge in [0.05, 0.1) is 23.7 Å². The molecular weight excluding hydrogens is 384 g/mol. The molecule has 0 bridgehead atoms. The van der Waals surface area contributed by atoms with Crippen molar-refractivity contribution in [1.29, 1.82) is 0 Å². The molecule has 0 atom stereocenters. The van der Waals surface area contributed by atoms with Crippen LogP contribution in [0.4, 0.5) is 5.82 Å². The number of rotatable bonds is 2. The van der Waals surface area contributed by atoms with Crippen molar-refractivity contribution in [2.45, 2.75) is 6.92 Å². The monoisotopic (exact) mass is 402 g/mol. The molecule has 4 heterocycles. The van der Waals surface area contributed by atoms with Crippen LogP contribution >= 0.6 is 24.0 Å². The van der Waals surface area contributed by atoms with E-state index in [1.807, 2.05) is 24.0 Å². The van der Waals surface area contributed by atoms with Crippen LogP contribution in [-0.2, 0) is 9.53 Å². The number of aromatic nitrogens is 2. The average Bonchev–Trinajstić information content (AvgIpc) is 2.92. The van der Waals surface area contributed by atoms with Crippen molar-refractivity contribution in [2.24, 2.45) is 0 Å². The number of pyridine rings is 1. The lowest BCUT2D eigenvalue weighted by molar-refractivity contribution is -0.121. The van der Waals surface area contributed by atoms with Gasteiger partial charge in [-0.05, 0) is 24.6 Å². The summed E-state index contributed by atoms with van der Waals surface area (Å²) >= 11 is 6.40. The van der Waals surface area contributed by atoms with Gasteiger partial charge in [-0.25, -0.2) is 4.98 Å². The molecule has 0 aromatic carbocycles. The lowest BCUT2D eigenvalue weighted by atomic mass is 10.2. The minimum Gasteiger partial charge on any atom is -0.378 e. The Hall–Kier alpha value is -2.23. The van der Waals surface area contributed by atoms with Gasteiger partial charge in [-0.15, -0.1) is 0 Å². The molecule has 27 heavy (non-hydrogen) atoms. The number of fused-ring (bicyclic) bond motifs is 1. The topological polar surface area (TPSA) is 67.2 Å². The number of ether oxygens (including phenoxy) is 1. The number of morpholine rings is 1. The van der Waals surface area contributed by atoms with Gasteiger partial charge in [-0.2, -0.15) is 0 Å². The third-order valence-corrected chi connectivity index (χ3v) is 6.04. The lowest BCUT2D eigenvalue weighted by Crippen LogP contribution is -2.38. The minimum absolute atomic E-state index is 0.202. The van der Waals surface area contributed by atoms with E-state index < -0.39 is 0 Å². The normalized spacial score (nSPS) is 19.6. The van der Waals surface area contributed by atoms with Crippen LogP contribution < -0.4 is 10.5 Å². The number of carbonyl (C=O) groups is 1. The van der Waals surface area contributed by atoms with Gasteiger partial charge in [0.25, 0.3) is 11.5 Å². The molecule has 2 fully saturated rings. The summed E-state index contributed by atoms with van der Waals surface area (Å²) in [5.74, 6) is 0.375. The highest BCUT2D eigenvalue weighted by atomic mass is 32.2. The highest BCUT2D eigenvalue weighted by Crippen LogP contribution is 2.32. The van der Waals surface area contributed by atoms with Gasteiger partial charge in [0.2, 0.25) is 0 Å². The third kappa shape index (κ3) is 3.26. The van der Waals surface area contributed by atoms with Crippen LogP contribution in [0.2, 0.25) is 0 Å². The first-order valence-corrected chi connectivity index (χ1v) is 9.75. The predicted octanol–water partition coefficient (Wildman–Crippen LogP) is 1.67. The van der Waals surface area contributed by atoms with Gasteiger partial charge in [0.1, 0.15) is 15.8 Å². The standard InChI is InChI=1S/C18H18N4O3S2/c1-11-3-4-14-19-15(21-5-7-25-8-6-21)12(16(23)22(14)10-11)9-13-17(24)20(2)18(26)27-13/h3-4,9-10H,5-8H2,1-2H3. The zero-order valence-electron chi connectivity index (χ0n) is 15.0. The first-order chi connectivity index (χ1) is 13.0. The summed E-state index contributed by atoms with van der Waals surface area (Å²) in [5, 5.41) is 0. The number of anilines is 1. The van der Waals surface area contributed by atoms with E-state index in [1.54, 1.807) is 19.3 Å². The molecule has 0 aliphatic carbocycles. The summed E-state index contributed by atoms with van der Waals surface area (Å²) in [6, 6.07) is 3.75. The summed E-state index contributed by atoms with van der Waals surface area (Å²) in [4.78, 5) is 34.3. The summed E-state index contributed by atoms with van der Waals surface area (Å²) in [6.07, 6.45) is 3.38. The second kappa shape index (κ2) is 7.06. The van der Waals surface area contributed by atoms with Crippen molar-refractivity contribution >= 4 is 51.7 Å². The van der Waals surface area contributed by atoms with Gasteiger partial charge >= 0.3 is 0 Å². The second-order valence-corrected chi connectivity index (χ2v) is 8.10. The van der Waals surface area contributed by atoms with Crippen LogP contribution in [0.3, 0.4) is 0 Å². The van der Waals surface area contributed by atoms with Crippen molar-refractivity contribution in [2.75, 3.05) is 38.3 Å². The molecule has 0 unspecified atom stereocenters. The SMILES string of the molecule is Cc1ccc2nc(N3CCOCC3)c(C=C3SC(=S)N(C)C3=O)c(=O)n2c1. The fourth-order valence-electron chi connectivity index (χ4n) is 3.07. The number of aryl methyl sites for hydroxylation is 1. The summed E-state index contributed by atoms with van der Waals surface area (Å²) in [7, 11) is 1.64. The molecule has 9 heteroatoms. The van der Waals surface area contributed by atoms with Gasteiger partial charge in [0, 0.05) is 26.3 Å². The quantitative estimate of drug-likeness (QED) is 0.559. The molecule has 2 aromatic rings. The predicted molar refractivity (Wildman–Crippen MR) is 110 cm³/mol. The highest BCUT2D eigenvalue weighted by molar-refractivity contribution is 8.26. The van der Waals surface area contributed by atoms with Crippen molar-refractivity contribution in [3.8, 4) is 0 Å². The van der Waals surface area contributed by atoms with E-state index in [0.29, 0.717) is 52.6 Å². The maximum absolute atomic E-state index is 13.3. The van der Waals surface area contributed by atoms with E-state index in [0.717, 1.165) is 5.56 Å². The molecule has 140 valence electrons. The number of carbonyl (C=O) groups excluding carboxylic acids is 1. The van der Waals surface area contributed by atoms with Crippen LogP contribution in [0, 0.1) is 6.92 Å². The number of thioether (sulfide) groups is 1. The Morgan fingerprint density at radius 1 is 1.26 bits per heavy atom. The highest BCUT2D eigenvalue weighted by Gasteiger charge is 2.30. The zero-order chi connectivity index (χ0) is 19.1. The van der Waals surface area contributed by atoms with Gasteiger partial charge < -0.3 is 9.64 Å². The van der Waals surface area contributed by atoms with Gasteiger partial charge in [-0.3, -0.25) is 18.9 Å². The fraction of sp³-hybridized carbons (Fsp3) is 0.333. The molecule has 0 spiro atoms. The summed E-state index contributed by atoms with van der Waals surface area (Å²) in [6.45, 7) is 4.36. The lowest BCUT2D eigenvalue weighted by Gasteiger charge is -2.29. The first kappa shape index (κ1) is 18.1. The summed E-state index contributed by atoms with van der Waals surface area (Å²) < 4.78 is 7.42. The Kier molecular flexibility index (Phi) is 4.75. The number of amides is 1. The maximum atomic E-state index is 13.3. The molecule has 2 aromatic heterocycles. The number of likely N-dealkylation sites (N-methyl/N-ethyl adjacent to an activating group) is 1. The maximum Gasteiger partial charge on any atom is 0.267 e. The molecule has 7 nitrogen and oxygen atoms in total. The van der Waals surface area contributed by atoms with E-state index in [1.165, 1.54) is 21.1 Å². The molecule has 2 aliphatic rings. The molecule has 0 N–H and O–H groups in total. The van der Waals surface area contributed by atoms with Gasteiger partial charge in [0.15, 0.2) is 0 Å². The Morgan fingerprint density at radius 2 is 2.00 bits per heavy atom. The zero-order valence-corrected chi connectivity index (χ0v) is 16.6. The molecule has 0 radical (unpaired) electrons. The average molecular weight is 403 g/mol. The van der Waals surface area contributed by atoms with Crippen molar-refractivity contribution < 1.29 is 9.53 Å². The number of thiocarbonyl (C=S) groups is 1. The Bertz CT molecular complexity index is 1040. The van der Waals surface area contributed by atoms with Crippen LogP contribution in [-0.4, -0.2) is 57.9 Å². The number of hydrogen-bond donors (Lipinski definition) is 0. The van der Waals surface area contributed by atoms with Crippen molar-refractivity contribution in [3.05, 3.63) is 44.7 Å². The molecular formula is C18H18N4O3S2. The van der Waals surface area contributed by atoms with Gasteiger partial charge in [-0.1, -0.05) is 30.0 Å². The Labute approximate surface area is 165 Å². The Balaban J connectivity index is 1.93. The van der Waals surface area contributed by atoms with E-state index >= 15 is 0 Å². The summed E-state index contributed by atoms with van der Waals surface area (Å²) in [5.41, 5.74) is 1.73. The molecule has 2 aliphatic heterocycles. The largest absolute Gasteiger partial charge is 0.378 e. The molecule has 4 rings (SSSR count). The van der Waals surface area contributed by atoms with Crippen LogP contribution in [0.5, 0.6) is 0 Å². The second-order valence-electron chi connectivity index (χ2n) is 6.43. The third-order valence-electron chi connectivity index (χ3n) is 4.56. The number of hydrogen-bond acceptors (Lipinski definition) is 7. The Morgan fingerprint density at radius 3 is 2.67 bits per heavy atom. The minimum atomic E-state index is -0.202. The van der Waals surface area contributed by atoms with E-state index in [2.05, 4.69) is 0 Å². The van der Waals surface area contributed by atoms with E-state index in [4.69, 9.17) is 21.9 Å². The van der Waals surface area contributed by atoms with Crippen LogP contribution in [0.15, 0.2) is 28.0 Å². The van der Waals surface area contributed by atoms with E-state index in [9.17, 15) is 9.59 Å². The van der Waals surface area contributed by atoms with Crippen molar-refractivity contribution in [3.63, 3.8) is 0 Å². The first-order valence-electron chi connectivity index (χ1n) is 8.53. The molecule has 2 saturated heterocycles. The van der Waals surface area contributed by atoms with Crippen LogP contribution in [0.25, 0.3) is 11.7 Å². The smallest absolute Gasteiger partial charge is 0.267 e. The molecule has 0 saturated carbocycles. The van der Waals surface area contributed by atoms with Crippen LogP contribution in [0.1, 0.15) is 11.1 Å². The molecule has 1 amide bonds.